The molecule has 0 aromatic heterocycles. The van der Waals surface area contributed by atoms with Crippen molar-refractivity contribution in [3.8, 4) is 5.75 Å². The molecule has 0 bridgehead atoms. The lowest BCUT2D eigenvalue weighted by Crippen LogP contribution is -2.36. The van der Waals surface area contributed by atoms with E-state index in [1.165, 1.54) is 11.1 Å². The van der Waals surface area contributed by atoms with Gasteiger partial charge in [-0.2, -0.15) is 0 Å². The topological polar surface area (TPSA) is 32.8 Å². The number of aryl methyl sites for hydroxylation is 1. The molecule has 4 nitrogen and oxygen atoms in total. The highest BCUT2D eigenvalue weighted by Crippen LogP contribution is 2.22. The van der Waals surface area contributed by atoms with E-state index in [1.54, 1.807) is 0 Å². The van der Waals surface area contributed by atoms with Gasteiger partial charge in [-0.05, 0) is 31.0 Å². The maximum atomic E-state index is 12.8. The van der Waals surface area contributed by atoms with Gasteiger partial charge in [-0.3, -0.25) is 0 Å². The number of carbonyl (C=O) groups excluding carboxylic acids is 1. The van der Waals surface area contributed by atoms with Crippen molar-refractivity contribution in [3.63, 3.8) is 0 Å². The van der Waals surface area contributed by atoms with E-state index in [-0.39, 0.29) is 12.1 Å². The minimum Gasteiger partial charge on any atom is -0.494 e. The highest BCUT2D eigenvalue weighted by Gasteiger charge is 2.36. The molecule has 2 amide bonds. The summed E-state index contributed by atoms with van der Waals surface area (Å²) in [6, 6.07) is 18.7. The van der Waals surface area contributed by atoms with Gasteiger partial charge in [0.2, 0.25) is 0 Å². The third kappa shape index (κ3) is 4.57. The first-order valence-electron chi connectivity index (χ1n) is 9.46. The van der Waals surface area contributed by atoms with Crippen LogP contribution in [0.4, 0.5) is 4.79 Å². The zero-order chi connectivity index (χ0) is 18.4. The van der Waals surface area contributed by atoms with Crippen molar-refractivity contribution in [2.24, 2.45) is 0 Å². The number of hydrogen-bond acceptors (Lipinski definition) is 2. The van der Waals surface area contributed by atoms with Crippen LogP contribution in [0.3, 0.4) is 0 Å². The summed E-state index contributed by atoms with van der Waals surface area (Å²) in [6.07, 6.45) is 1.82. The average Bonchev–Trinajstić information content (AvgIpc) is 2.94. The Hall–Kier alpha value is -2.49. The van der Waals surface area contributed by atoms with Gasteiger partial charge in [0, 0.05) is 26.1 Å². The third-order valence-corrected chi connectivity index (χ3v) is 4.81. The van der Waals surface area contributed by atoms with Gasteiger partial charge in [-0.1, -0.05) is 55.0 Å². The summed E-state index contributed by atoms with van der Waals surface area (Å²) in [5.41, 5.74) is 2.42. The van der Waals surface area contributed by atoms with Crippen molar-refractivity contribution in [1.82, 2.24) is 9.80 Å². The van der Waals surface area contributed by atoms with Gasteiger partial charge < -0.3 is 14.5 Å². The van der Waals surface area contributed by atoms with Gasteiger partial charge in [-0.15, -0.1) is 0 Å². The molecule has 138 valence electrons. The van der Waals surface area contributed by atoms with Crippen LogP contribution in [-0.4, -0.2) is 41.6 Å². The molecule has 1 fully saturated rings. The summed E-state index contributed by atoms with van der Waals surface area (Å²) in [6.45, 7) is 7.07. The molecule has 0 spiro atoms. The summed E-state index contributed by atoms with van der Waals surface area (Å²) in [4.78, 5) is 16.8. The van der Waals surface area contributed by atoms with Crippen molar-refractivity contribution in [2.45, 2.75) is 39.3 Å². The van der Waals surface area contributed by atoms with E-state index in [0.717, 1.165) is 31.7 Å². The van der Waals surface area contributed by atoms with Crippen LogP contribution in [0.25, 0.3) is 0 Å². The van der Waals surface area contributed by atoms with Crippen LogP contribution >= 0.6 is 0 Å². The van der Waals surface area contributed by atoms with Crippen molar-refractivity contribution >= 4 is 6.03 Å². The third-order valence-electron chi connectivity index (χ3n) is 4.81. The Morgan fingerprint density at radius 1 is 1.08 bits per heavy atom. The molecule has 1 aliphatic rings. The van der Waals surface area contributed by atoms with E-state index in [2.05, 4.69) is 38.1 Å². The first-order valence-corrected chi connectivity index (χ1v) is 9.46. The predicted octanol–water partition coefficient (Wildman–Crippen LogP) is 4.48. The van der Waals surface area contributed by atoms with Crippen molar-refractivity contribution < 1.29 is 9.53 Å². The van der Waals surface area contributed by atoms with Crippen molar-refractivity contribution in [1.29, 1.82) is 0 Å². The maximum absolute atomic E-state index is 12.8. The molecule has 0 saturated carbocycles. The second-order valence-electron chi connectivity index (χ2n) is 6.95. The van der Waals surface area contributed by atoms with E-state index in [0.29, 0.717) is 13.2 Å². The summed E-state index contributed by atoms with van der Waals surface area (Å²) in [5, 5.41) is 0. The molecule has 2 aromatic carbocycles. The molecule has 1 atom stereocenters. The highest BCUT2D eigenvalue weighted by molar-refractivity contribution is 5.77. The Bertz CT molecular complexity index is 700. The molecule has 0 radical (unpaired) electrons. The average molecular weight is 352 g/mol. The standard InChI is InChI=1S/C22H28N2O2/c1-3-14-24-20(13-15-26-21-7-5-4-6-8-21)17-23(22(24)25)16-19-11-9-18(2)10-12-19/h4-12,20H,3,13-17H2,1-2H3. The molecule has 2 aromatic rings. The Morgan fingerprint density at radius 2 is 1.81 bits per heavy atom. The van der Waals surface area contributed by atoms with Crippen LogP contribution in [0.2, 0.25) is 0 Å². The van der Waals surface area contributed by atoms with Crippen LogP contribution in [-0.2, 0) is 6.54 Å². The van der Waals surface area contributed by atoms with Crippen LogP contribution in [0.5, 0.6) is 5.75 Å². The van der Waals surface area contributed by atoms with Gasteiger partial charge in [0.1, 0.15) is 5.75 Å². The number of ether oxygens (including phenoxy) is 1. The van der Waals surface area contributed by atoms with Crippen LogP contribution < -0.4 is 4.74 Å². The lowest BCUT2D eigenvalue weighted by atomic mass is 10.1. The summed E-state index contributed by atoms with van der Waals surface area (Å²) in [5.74, 6) is 0.885. The molecule has 26 heavy (non-hydrogen) atoms. The van der Waals surface area contributed by atoms with E-state index in [1.807, 2.05) is 40.1 Å². The minimum absolute atomic E-state index is 0.150. The molecular weight excluding hydrogens is 324 g/mol. The van der Waals surface area contributed by atoms with Crippen LogP contribution in [0, 0.1) is 6.92 Å². The number of carbonyl (C=O) groups is 1. The van der Waals surface area contributed by atoms with Gasteiger partial charge in [0.05, 0.1) is 12.6 Å². The second-order valence-corrected chi connectivity index (χ2v) is 6.95. The number of benzene rings is 2. The number of nitrogens with zero attached hydrogens (tertiary/aromatic N) is 2. The Labute approximate surface area is 156 Å². The molecule has 0 aliphatic carbocycles. The summed E-state index contributed by atoms with van der Waals surface area (Å²) < 4.78 is 5.84. The Balaban J connectivity index is 1.59. The molecule has 1 heterocycles. The van der Waals surface area contributed by atoms with Crippen molar-refractivity contribution in [2.75, 3.05) is 19.7 Å². The quantitative estimate of drug-likeness (QED) is 0.702. The van der Waals surface area contributed by atoms with E-state index in [4.69, 9.17) is 4.74 Å². The highest BCUT2D eigenvalue weighted by atomic mass is 16.5. The number of hydrogen-bond donors (Lipinski definition) is 0. The zero-order valence-corrected chi connectivity index (χ0v) is 15.7. The molecule has 1 saturated heterocycles. The predicted molar refractivity (Wildman–Crippen MR) is 104 cm³/mol. The first kappa shape index (κ1) is 18.3. The second kappa shape index (κ2) is 8.75. The fourth-order valence-corrected chi connectivity index (χ4v) is 3.41. The molecule has 1 aliphatic heterocycles. The van der Waals surface area contributed by atoms with Gasteiger partial charge in [0.25, 0.3) is 0 Å². The maximum Gasteiger partial charge on any atom is 0.320 e. The molecule has 3 rings (SSSR count). The van der Waals surface area contributed by atoms with Gasteiger partial charge >= 0.3 is 6.03 Å². The smallest absolute Gasteiger partial charge is 0.320 e. The van der Waals surface area contributed by atoms with E-state index < -0.39 is 0 Å². The molecular formula is C22H28N2O2. The number of amides is 2. The molecule has 4 heteroatoms. The summed E-state index contributed by atoms with van der Waals surface area (Å²) in [7, 11) is 0. The monoisotopic (exact) mass is 352 g/mol. The fourth-order valence-electron chi connectivity index (χ4n) is 3.41. The zero-order valence-electron chi connectivity index (χ0n) is 15.7. The summed E-state index contributed by atoms with van der Waals surface area (Å²) >= 11 is 0. The minimum atomic E-state index is 0.150. The molecule has 0 N–H and O–H groups in total. The largest absolute Gasteiger partial charge is 0.494 e. The number of rotatable bonds is 8. The fraction of sp³-hybridized carbons (Fsp3) is 0.409. The van der Waals surface area contributed by atoms with Gasteiger partial charge in [0.15, 0.2) is 0 Å². The SMILES string of the molecule is CCCN1C(=O)N(Cc2ccc(C)cc2)CC1CCOc1ccccc1. The Kier molecular flexibility index (Phi) is 6.16. The van der Waals surface area contributed by atoms with Gasteiger partial charge in [-0.25, -0.2) is 4.79 Å². The van der Waals surface area contributed by atoms with Crippen LogP contribution in [0.1, 0.15) is 30.9 Å². The van der Waals surface area contributed by atoms with Crippen molar-refractivity contribution in [3.05, 3.63) is 65.7 Å². The van der Waals surface area contributed by atoms with E-state index in [9.17, 15) is 4.79 Å². The number of para-hydroxylation sites is 1. The Morgan fingerprint density at radius 3 is 2.50 bits per heavy atom. The lowest BCUT2D eigenvalue weighted by molar-refractivity contribution is 0.180. The normalized spacial score (nSPS) is 17.0. The molecule has 1 unspecified atom stereocenters. The number of urea groups is 1. The first-order chi connectivity index (χ1) is 12.7. The lowest BCUT2D eigenvalue weighted by Gasteiger charge is -2.22. The van der Waals surface area contributed by atoms with E-state index >= 15 is 0 Å². The van der Waals surface area contributed by atoms with Crippen LogP contribution in [0.15, 0.2) is 54.6 Å².